The fourth-order valence-electron chi connectivity index (χ4n) is 2.64. The van der Waals surface area contributed by atoms with Crippen molar-refractivity contribution in [2.45, 2.75) is 5.22 Å². The van der Waals surface area contributed by atoms with Gasteiger partial charge in [-0.25, -0.2) is 0 Å². The topological polar surface area (TPSA) is 113 Å². The summed E-state index contributed by atoms with van der Waals surface area (Å²) in [6, 6.07) is 14.6. The smallest absolute Gasteiger partial charge is 0.285 e. The molecule has 5 rings (SSSR count). The number of ketones is 1. The molecule has 0 amide bonds. The van der Waals surface area contributed by atoms with Gasteiger partial charge in [0.25, 0.3) is 11.1 Å². The van der Waals surface area contributed by atoms with E-state index in [0.717, 1.165) is 17.3 Å². The number of rotatable bonds is 6. The van der Waals surface area contributed by atoms with E-state index in [-0.39, 0.29) is 29.4 Å². The number of nitrogens with zero attached hydrogens (tertiary/aromatic N) is 4. The van der Waals surface area contributed by atoms with E-state index in [1.165, 1.54) is 0 Å². The third-order valence-electron chi connectivity index (χ3n) is 4.04. The number of hydrogen-bond acceptors (Lipinski definition) is 10. The van der Waals surface area contributed by atoms with Gasteiger partial charge in [0.15, 0.2) is 11.5 Å². The van der Waals surface area contributed by atoms with Gasteiger partial charge < -0.3 is 18.3 Å². The van der Waals surface area contributed by atoms with Gasteiger partial charge >= 0.3 is 0 Å². The number of Topliss-reactive ketones (excluding diaryl/α,β-unsaturated/α-hetero) is 1. The van der Waals surface area contributed by atoms with Crippen LogP contribution in [0.25, 0.3) is 22.9 Å². The van der Waals surface area contributed by atoms with Crippen molar-refractivity contribution in [2.24, 2.45) is 0 Å². The van der Waals surface area contributed by atoms with Gasteiger partial charge in [-0.2, -0.15) is 0 Å². The summed E-state index contributed by atoms with van der Waals surface area (Å²) in [5.41, 5.74) is 1.45. The lowest BCUT2D eigenvalue weighted by molar-refractivity contribution is 0.0986. The average Bonchev–Trinajstić information content (AvgIpc) is 3.52. The summed E-state index contributed by atoms with van der Waals surface area (Å²) < 4.78 is 21.7. The van der Waals surface area contributed by atoms with Crippen LogP contribution in [0.15, 0.2) is 62.6 Å². The molecule has 0 unspecified atom stereocenters. The first-order chi connectivity index (χ1) is 14.3. The number of aromatic nitrogens is 4. The van der Waals surface area contributed by atoms with Crippen molar-refractivity contribution >= 4 is 17.5 Å². The molecule has 2 aromatic heterocycles. The molecule has 2 aromatic carbocycles. The molecule has 1 aliphatic rings. The van der Waals surface area contributed by atoms with Gasteiger partial charge in [-0.05, 0) is 30.3 Å². The van der Waals surface area contributed by atoms with Crippen LogP contribution in [0.4, 0.5) is 0 Å². The van der Waals surface area contributed by atoms with E-state index in [9.17, 15) is 4.79 Å². The largest absolute Gasteiger partial charge is 0.454 e. The molecule has 10 heteroatoms. The molecule has 1 aliphatic heterocycles. The maximum Gasteiger partial charge on any atom is 0.285 e. The number of hydrogen-bond donors (Lipinski definition) is 0. The number of fused-ring (bicyclic) bond motifs is 1. The first-order valence-electron chi connectivity index (χ1n) is 8.55. The number of carbonyl (C=O) groups excluding carboxylic acids is 1. The molecule has 0 saturated carbocycles. The third kappa shape index (κ3) is 3.57. The maximum atomic E-state index is 12.3. The van der Waals surface area contributed by atoms with Crippen molar-refractivity contribution in [3.8, 4) is 34.4 Å². The zero-order valence-electron chi connectivity index (χ0n) is 14.8. The molecule has 144 valence electrons. The Morgan fingerprint density at radius 3 is 2.55 bits per heavy atom. The molecule has 0 fully saturated rings. The van der Waals surface area contributed by atoms with E-state index in [1.54, 1.807) is 18.2 Å². The zero-order valence-corrected chi connectivity index (χ0v) is 15.6. The standard InChI is InChI=1S/C19H12N4O5S/c24-13(18-22-20-16(27-18)11-4-2-1-3-5-11)9-29-19-23-21-17(28-19)12-6-7-14-15(8-12)26-10-25-14/h1-8H,9-10H2. The molecular formula is C19H12N4O5S. The van der Waals surface area contributed by atoms with E-state index < -0.39 is 0 Å². The molecule has 0 radical (unpaired) electrons. The van der Waals surface area contributed by atoms with Crippen molar-refractivity contribution in [1.82, 2.24) is 20.4 Å². The van der Waals surface area contributed by atoms with Crippen LogP contribution in [0.3, 0.4) is 0 Å². The first kappa shape index (κ1) is 17.4. The van der Waals surface area contributed by atoms with Crippen molar-refractivity contribution in [1.29, 1.82) is 0 Å². The minimum Gasteiger partial charge on any atom is -0.454 e. The van der Waals surface area contributed by atoms with Crippen molar-refractivity contribution < 1.29 is 23.1 Å². The Morgan fingerprint density at radius 1 is 0.862 bits per heavy atom. The monoisotopic (exact) mass is 408 g/mol. The molecule has 0 bridgehead atoms. The Kier molecular flexibility index (Phi) is 4.45. The third-order valence-corrected chi connectivity index (χ3v) is 4.86. The van der Waals surface area contributed by atoms with Crippen LogP contribution in [0.1, 0.15) is 10.7 Å². The Bertz CT molecular complexity index is 1170. The van der Waals surface area contributed by atoms with E-state index in [4.69, 9.17) is 18.3 Å². The average molecular weight is 408 g/mol. The van der Waals surface area contributed by atoms with Gasteiger partial charge in [-0.15, -0.1) is 20.4 Å². The van der Waals surface area contributed by atoms with Crippen molar-refractivity contribution in [2.75, 3.05) is 12.5 Å². The molecule has 0 aliphatic carbocycles. The number of thioether (sulfide) groups is 1. The van der Waals surface area contributed by atoms with E-state index in [2.05, 4.69) is 20.4 Å². The lowest BCUT2D eigenvalue weighted by Crippen LogP contribution is -2.02. The molecule has 29 heavy (non-hydrogen) atoms. The number of carbonyl (C=O) groups is 1. The summed E-state index contributed by atoms with van der Waals surface area (Å²) in [6.07, 6.45) is 0. The maximum absolute atomic E-state index is 12.3. The Hall–Kier alpha value is -3.66. The summed E-state index contributed by atoms with van der Waals surface area (Å²) in [5.74, 6) is 1.54. The van der Waals surface area contributed by atoms with Crippen LogP contribution in [-0.4, -0.2) is 38.7 Å². The molecule has 0 atom stereocenters. The van der Waals surface area contributed by atoms with Gasteiger partial charge in [0.2, 0.25) is 24.4 Å². The van der Waals surface area contributed by atoms with Crippen LogP contribution in [0.2, 0.25) is 0 Å². The number of benzene rings is 2. The second-order valence-electron chi connectivity index (χ2n) is 5.93. The quantitative estimate of drug-likeness (QED) is 0.347. The van der Waals surface area contributed by atoms with Gasteiger partial charge in [-0.1, -0.05) is 30.0 Å². The highest BCUT2D eigenvalue weighted by atomic mass is 32.2. The van der Waals surface area contributed by atoms with E-state index in [0.29, 0.717) is 28.8 Å². The lowest BCUT2D eigenvalue weighted by atomic mass is 10.2. The minimum atomic E-state index is -0.326. The molecule has 3 heterocycles. The molecular weight excluding hydrogens is 396 g/mol. The SMILES string of the molecule is O=C(CSc1nnc(-c2ccc3c(c2)OCO3)o1)c1nnc(-c2ccccc2)o1. The van der Waals surface area contributed by atoms with Gasteiger partial charge in [0.1, 0.15) is 0 Å². The molecule has 9 nitrogen and oxygen atoms in total. The fourth-order valence-corrected chi connectivity index (χ4v) is 3.25. The highest BCUT2D eigenvalue weighted by Gasteiger charge is 2.19. The second kappa shape index (κ2) is 7.40. The fraction of sp³-hybridized carbons (Fsp3) is 0.105. The Morgan fingerprint density at radius 2 is 1.66 bits per heavy atom. The molecule has 0 spiro atoms. The van der Waals surface area contributed by atoms with Crippen LogP contribution in [-0.2, 0) is 0 Å². The molecule has 0 N–H and O–H groups in total. The summed E-state index contributed by atoms with van der Waals surface area (Å²) in [4.78, 5) is 12.3. The highest BCUT2D eigenvalue weighted by Crippen LogP contribution is 2.36. The van der Waals surface area contributed by atoms with Gasteiger partial charge in [0.05, 0.1) is 5.75 Å². The zero-order chi connectivity index (χ0) is 19.6. The van der Waals surface area contributed by atoms with E-state index in [1.807, 2.05) is 30.3 Å². The molecule has 0 saturated heterocycles. The summed E-state index contributed by atoms with van der Waals surface area (Å²) in [7, 11) is 0. The van der Waals surface area contributed by atoms with Crippen molar-refractivity contribution in [3.63, 3.8) is 0 Å². The van der Waals surface area contributed by atoms with Crippen LogP contribution in [0, 0.1) is 0 Å². The van der Waals surface area contributed by atoms with Gasteiger partial charge in [0, 0.05) is 11.1 Å². The van der Waals surface area contributed by atoms with Crippen LogP contribution >= 0.6 is 11.8 Å². The van der Waals surface area contributed by atoms with Crippen molar-refractivity contribution in [3.05, 3.63) is 54.4 Å². The Labute approximate surface area is 168 Å². The van der Waals surface area contributed by atoms with Crippen LogP contribution < -0.4 is 9.47 Å². The summed E-state index contributed by atoms with van der Waals surface area (Å²) >= 11 is 1.10. The normalized spacial score (nSPS) is 12.3. The molecule has 4 aromatic rings. The van der Waals surface area contributed by atoms with E-state index >= 15 is 0 Å². The Balaban J connectivity index is 1.24. The highest BCUT2D eigenvalue weighted by molar-refractivity contribution is 7.99. The minimum absolute atomic E-state index is 0.0270. The predicted octanol–water partition coefficient (Wildman–Crippen LogP) is 3.49. The summed E-state index contributed by atoms with van der Waals surface area (Å²) in [5, 5.41) is 16.0. The predicted molar refractivity (Wildman–Crippen MR) is 101 cm³/mol. The first-order valence-corrected chi connectivity index (χ1v) is 9.53. The van der Waals surface area contributed by atoms with Crippen LogP contribution in [0.5, 0.6) is 11.5 Å². The second-order valence-corrected chi connectivity index (χ2v) is 6.86. The number of ether oxygens (including phenoxy) is 2. The lowest BCUT2D eigenvalue weighted by Gasteiger charge is -1.98. The summed E-state index contributed by atoms with van der Waals surface area (Å²) in [6.45, 7) is 0.188. The van der Waals surface area contributed by atoms with Gasteiger partial charge in [-0.3, -0.25) is 4.79 Å².